The van der Waals surface area contributed by atoms with Crippen molar-refractivity contribution in [2.45, 2.75) is 18.5 Å². The first-order valence-electron chi connectivity index (χ1n) is 9.77. The number of nitrogens with two attached hydrogens (primary N) is 1. The van der Waals surface area contributed by atoms with Crippen LogP contribution < -0.4 is 5.73 Å². The van der Waals surface area contributed by atoms with Crippen molar-refractivity contribution in [1.82, 2.24) is 14.2 Å². The van der Waals surface area contributed by atoms with Crippen LogP contribution in [0.3, 0.4) is 0 Å². The van der Waals surface area contributed by atoms with E-state index in [1.807, 2.05) is 24.3 Å². The second-order valence-corrected chi connectivity index (χ2v) is 9.22. The molecule has 1 aliphatic rings. The SMILES string of the molecule is C=Cc1[nH]c(S(=O)N2CCN(Cc3ccc(C(N)=NC)cc3)C(=O)C2)cc1/C=C(\C)Cl. The molecule has 1 aromatic heterocycles. The zero-order valence-electron chi connectivity index (χ0n) is 17.6. The molecule has 1 fully saturated rings. The Morgan fingerprint density at radius 3 is 2.65 bits per heavy atom. The molecule has 31 heavy (non-hydrogen) atoms. The van der Waals surface area contributed by atoms with Crippen LogP contribution in [0.5, 0.6) is 0 Å². The summed E-state index contributed by atoms with van der Waals surface area (Å²) in [5.41, 5.74) is 9.22. The van der Waals surface area contributed by atoms with Crippen molar-refractivity contribution in [3.63, 3.8) is 0 Å². The average molecular weight is 460 g/mol. The van der Waals surface area contributed by atoms with Crippen LogP contribution in [0.4, 0.5) is 0 Å². The number of aliphatic imine (C=N–C) groups is 1. The molecule has 3 N–H and O–H groups in total. The van der Waals surface area contributed by atoms with Gasteiger partial charge in [0.25, 0.3) is 0 Å². The third-order valence-electron chi connectivity index (χ3n) is 4.98. The first kappa shape index (κ1) is 23.0. The Balaban J connectivity index is 1.65. The minimum atomic E-state index is -1.48. The molecule has 0 bridgehead atoms. The number of benzene rings is 1. The molecule has 7 nitrogen and oxygen atoms in total. The summed E-state index contributed by atoms with van der Waals surface area (Å²) in [6.45, 7) is 7.13. The second-order valence-electron chi connectivity index (χ2n) is 7.17. The Morgan fingerprint density at radius 1 is 1.35 bits per heavy atom. The van der Waals surface area contributed by atoms with E-state index in [-0.39, 0.29) is 12.5 Å². The summed E-state index contributed by atoms with van der Waals surface area (Å²) in [4.78, 5) is 21.6. The fourth-order valence-corrected chi connectivity index (χ4v) is 4.62. The molecule has 1 atom stereocenters. The van der Waals surface area contributed by atoms with Gasteiger partial charge in [0, 0.05) is 48.5 Å². The Hall–Kier alpha value is -2.68. The van der Waals surface area contributed by atoms with Gasteiger partial charge in [-0.2, -0.15) is 0 Å². The number of carbonyl (C=O) groups excluding carboxylic acids is 1. The zero-order valence-corrected chi connectivity index (χ0v) is 19.2. The quantitative estimate of drug-likeness (QED) is 0.492. The van der Waals surface area contributed by atoms with Crippen LogP contribution in [0.1, 0.15) is 29.3 Å². The van der Waals surface area contributed by atoms with Gasteiger partial charge < -0.3 is 15.6 Å². The van der Waals surface area contributed by atoms with Gasteiger partial charge in [-0.3, -0.25) is 9.79 Å². The number of carbonyl (C=O) groups is 1. The molecule has 0 spiro atoms. The normalized spacial score (nSPS) is 17.1. The van der Waals surface area contributed by atoms with Gasteiger partial charge in [0.15, 0.2) is 0 Å². The van der Waals surface area contributed by atoms with E-state index >= 15 is 0 Å². The third kappa shape index (κ3) is 5.52. The summed E-state index contributed by atoms with van der Waals surface area (Å²) < 4.78 is 14.7. The number of amides is 1. The molecule has 3 rings (SSSR count). The number of nitrogens with one attached hydrogen (secondary N) is 1. The fraction of sp³-hybridized carbons (Fsp3) is 0.273. The number of nitrogens with zero attached hydrogens (tertiary/aromatic N) is 3. The Kier molecular flexibility index (Phi) is 7.48. The van der Waals surface area contributed by atoms with Gasteiger partial charge in [0.05, 0.1) is 6.54 Å². The standard InChI is InChI=1S/C22H26ClN5O2S/c1-4-19-18(11-15(2)23)12-20(26-19)31(30)28-10-9-27(21(29)14-28)13-16-5-7-17(8-6-16)22(24)25-3/h4-8,11-12,26H,1,9-10,13-14H2,2-3H3,(H2,24,25)/b15-11+. The van der Waals surface area contributed by atoms with Crippen LogP contribution in [0.15, 0.2) is 52.0 Å². The minimum Gasteiger partial charge on any atom is -0.384 e. The smallest absolute Gasteiger partial charge is 0.238 e. The zero-order chi connectivity index (χ0) is 22.5. The van der Waals surface area contributed by atoms with Crippen molar-refractivity contribution >= 4 is 46.5 Å². The molecule has 164 valence electrons. The summed E-state index contributed by atoms with van der Waals surface area (Å²) in [7, 11) is 0.162. The number of hydrogen-bond acceptors (Lipinski definition) is 3. The number of aromatic amines is 1. The van der Waals surface area contributed by atoms with E-state index in [9.17, 15) is 9.00 Å². The van der Waals surface area contributed by atoms with E-state index in [2.05, 4.69) is 16.6 Å². The minimum absolute atomic E-state index is 0.0643. The first-order valence-corrected chi connectivity index (χ1v) is 11.3. The molecule has 0 radical (unpaired) electrons. The Bertz CT molecular complexity index is 1050. The van der Waals surface area contributed by atoms with Gasteiger partial charge in [-0.1, -0.05) is 42.4 Å². The number of allylic oxidation sites excluding steroid dienone is 1. The number of amidine groups is 1. The lowest BCUT2D eigenvalue weighted by atomic mass is 10.1. The molecule has 1 saturated heterocycles. The highest BCUT2D eigenvalue weighted by atomic mass is 35.5. The van der Waals surface area contributed by atoms with Crippen molar-refractivity contribution < 1.29 is 9.00 Å². The van der Waals surface area contributed by atoms with E-state index in [0.717, 1.165) is 22.4 Å². The lowest BCUT2D eigenvalue weighted by Crippen LogP contribution is -2.50. The van der Waals surface area contributed by atoms with E-state index in [4.69, 9.17) is 17.3 Å². The molecule has 1 aliphatic heterocycles. The Morgan fingerprint density at radius 2 is 2.06 bits per heavy atom. The number of hydrogen-bond donors (Lipinski definition) is 2. The van der Waals surface area contributed by atoms with Crippen LogP contribution in [0.25, 0.3) is 12.2 Å². The van der Waals surface area contributed by atoms with Crippen LogP contribution in [0.2, 0.25) is 0 Å². The lowest BCUT2D eigenvalue weighted by molar-refractivity contribution is -0.134. The predicted molar refractivity (Wildman–Crippen MR) is 127 cm³/mol. The summed E-state index contributed by atoms with van der Waals surface area (Å²) in [5.74, 6) is 0.410. The van der Waals surface area contributed by atoms with E-state index in [0.29, 0.717) is 35.5 Å². The summed E-state index contributed by atoms with van der Waals surface area (Å²) in [6.07, 6.45) is 3.44. The first-order chi connectivity index (χ1) is 14.8. The van der Waals surface area contributed by atoms with Crippen LogP contribution in [-0.4, -0.2) is 56.8 Å². The van der Waals surface area contributed by atoms with Gasteiger partial charge in [-0.15, -0.1) is 0 Å². The Labute approximate surface area is 189 Å². The topological polar surface area (TPSA) is 94.8 Å². The number of halogens is 1. The summed E-state index contributed by atoms with van der Waals surface area (Å²) in [5, 5.41) is 1.13. The molecule has 2 aromatic rings. The number of piperazine rings is 1. The molecule has 0 aliphatic carbocycles. The van der Waals surface area contributed by atoms with Crippen LogP contribution in [-0.2, 0) is 22.3 Å². The molecular formula is C22H26ClN5O2S. The van der Waals surface area contributed by atoms with Crippen LogP contribution in [0, 0.1) is 0 Å². The number of H-pyrrole nitrogens is 1. The van der Waals surface area contributed by atoms with Gasteiger partial charge in [-0.05, 0) is 30.7 Å². The highest BCUT2D eigenvalue weighted by Gasteiger charge is 2.29. The van der Waals surface area contributed by atoms with E-state index in [1.165, 1.54) is 0 Å². The molecule has 0 saturated carbocycles. The molecule has 1 aromatic carbocycles. The van der Waals surface area contributed by atoms with E-state index < -0.39 is 11.0 Å². The number of aromatic nitrogens is 1. The van der Waals surface area contributed by atoms with Crippen molar-refractivity contribution in [3.05, 3.63) is 64.3 Å². The van der Waals surface area contributed by atoms with Crippen molar-refractivity contribution in [1.29, 1.82) is 0 Å². The highest BCUT2D eigenvalue weighted by Crippen LogP contribution is 2.22. The van der Waals surface area contributed by atoms with E-state index in [1.54, 1.807) is 41.4 Å². The van der Waals surface area contributed by atoms with Gasteiger partial charge >= 0.3 is 0 Å². The monoisotopic (exact) mass is 459 g/mol. The van der Waals surface area contributed by atoms with Crippen molar-refractivity contribution in [2.24, 2.45) is 10.7 Å². The van der Waals surface area contributed by atoms with Crippen LogP contribution >= 0.6 is 11.6 Å². The van der Waals surface area contributed by atoms with Crippen molar-refractivity contribution in [3.8, 4) is 0 Å². The molecule has 9 heteroatoms. The van der Waals surface area contributed by atoms with Gasteiger partial charge in [0.2, 0.25) is 5.91 Å². The van der Waals surface area contributed by atoms with Gasteiger partial charge in [0.1, 0.15) is 21.8 Å². The maximum atomic E-state index is 13.0. The molecule has 1 amide bonds. The largest absolute Gasteiger partial charge is 0.384 e. The van der Waals surface area contributed by atoms with Crippen molar-refractivity contribution in [2.75, 3.05) is 26.7 Å². The molecule has 2 heterocycles. The highest BCUT2D eigenvalue weighted by molar-refractivity contribution is 7.82. The maximum absolute atomic E-state index is 13.0. The molecule has 1 unspecified atom stereocenters. The molecular weight excluding hydrogens is 434 g/mol. The average Bonchev–Trinajstić information content (AvgIpc) is 3.16. The third-order valence-corrected chi connectivity index (χ3v) is 6.47. The summed E-state index contributed by atoms with van der Waals surface area (Å²) in [6, 6.07) is 9.45. The maximum Gasteiger partial charge on any atom is 0.238 e. The summed E-state index contributed by atoms with van der Waals surface area (Å²) >= 11 is 5.98. The number of rotatable bonds is 7. The van der Waals surface area contributed by atoms with Gasteiger partial charge in [-0.25, -0.2) is 8.51 Å². The predicted octanol–water partition coefficient (Wildman–Crippen LogP) is 2.96. The second kappa shape index (κ2) is 10.1. The lowest BCUT2D eigenvalue weighted by Gasteiger charge is -2.33. The fourth-order valence-electron chi connectivity index (χ4n) is 3.32.